The summed E-state index contributed by atoms with van der Waals surface area (Å²) in [6.45, 7) is 3.00. The summed E-state index contributed by atoms with van der Waals surface area (Å²) in [6.07, 6.45) is 3.18. The third-order valence-electron chi connectivity index (χ3n) is 2.73. The van der Waals surface area contributed by atoms with E-state index in [1.807, 2.05) is 0 Å². The van der Waals surface area contributed by atoms with Gasteiger partial charge in [-0.1, -0.05) is 19.8 Å². The summed E-state index contributed by atoms with van der Waals surface area (Å²) in [5.74, 6) is -0.817. The van der Waals surface area contributed by atoms with Crippen LogP contribution in [0.3, 0.4) is 0 Å². The Bertz CT molecular complexity index is 428. The number of nitrogens with one attached hydrogen (secondary N) is 1. The number of urea groups is 1. The minimum absolute atomic E-state index is 0.124. The second-order valence-electron chi connectivity index (χ2n) is 4.36. The number of rotatable bonds is 7. The topological polar surface area (TPSA) is 82.8 Å². The third-order valence-corrected chi connectivity index (χ3v) is 2.73. The monoisotopic (exact) mass is 268 g/mol. The van der Waals surface area contributed by atoms with E-state index < -0.39 is 5.97 Å². The second kappa shape index (κ2) is 7.45. The fourth-order valence-electron chi connectivity index (χ4n) is 1.59. The number of carbonyl (C=O) groups is 2. The number of unbranched alkanes of at least 4 members (excludes halogenated alkanes) is 2. The maximum atomic E-state index is 11.7. The van der Waals surface area contributed by atoms with Gasteiger partial charge in [0.05, 0.1) is 6.54 Å². The largest absolute Gasteiger partial charge is 0.475 e. The van der Waals surface area contributed by atoms with Crippen LogP contribution in [0.2, 0.25) is 0 Å². The quantitative estimate of drug-likeness (QED) is 0.743. The van der Waals surface area contributed by atoms with Crippen molar-refractivity contribution in [3.8, 4) is 0 Å². The lowest BCUT2D eigenvalue weighted by Gasteiger charge is -2.17. The SMILES string of the molecule is CCCCCN(C)C(=O)NCc1ccc(C(=O)O)o1. The average Bonchev–Trinajstić information content (AvgIpc) is 2.85. The van der Waals surface area contributed by atoms with E-state index in [0.717, 1.165) is 19.3 Å². The first kappa shape index (κ1) is 15.1. The molecule has 0 aliphatic carbocycles. The highest BCUT2D eigenvalue weighted by Crippen LogP contribution is 2.07. The summed E-state index contributed by atoms with van der Waals surface area (Å²) in [7, 11) is 1.73. The predicted octanol–water partition coefficient (Wildman–Crippen LogP) is 2.31. The van der Waals surface area contributed by atoms with Gasteiger partial charge in [-0.05, 0) is 18.6 Å². The molecule has 0 atom stereocenters. The molecule has 0 aliphatic rings. The van der Waals surface area contributed by atoms with Crippen LogP contribution in [-0.2, 0) is 6.54 Å². The molecule has 1 rings (SSSR count). The molecule has 0 saturated heterocycles. The van der Waals surface area contributed by atoms with Crippen LogP contribution in [0.4, 0.5) is 4.79 Å². The summed E-state index contributed by atoms with van der Waals surface area (Å²) in [6, 6.07) is 2.72. The van der Waals surface area contributed by atoms with Gasteiger partial charge < -0.3 is 19.7 Å². The Balaban J connectivity index is 2.34. The van der Waals surface area contributed by atoms with Crippen LogP contribution in [0.15, 0.2) is 16.5 Å². The lowest BCUT2D eigenvalue weighted by molar-refractivity contribution is 0.0660. The van der Waals surface area contributed by atoms with Crippen LogP contribution in [0.1, 0.15) is 42.5 Å². The van der Waals surface area contributed by atoms with Gasteiger partial charge in [-0.2, -0.15) is 0 Å². The molecule has 2 N–H and O–H groups in total. The zero-order valence-electron chi connectivity index (χ0n) is 11.3. The number of carboxylic acids is 1. The number of nitrogens with zero attached hydrogens (tertiary/aromatic N) is 1. The first-order chi connectivity index (χ1) is 9.04. The van der Waals surface area contributed by atoms with E-state index >= 15 is 0 Å². The molecule has 2 amide bonds. The van der Waals surface area contributed by atoms with Crippen LogP contribution in [0, 0.1) is 0 Å². The number of hydrogen-bond donors (Lipinski definition) is 2. The predicted molar refractivity (Wildman–Crippen MR) is 70.1 cm³/mol. The van der Waals surface area contributed by atoms with Gasteiger partial charge in [0.2, 0.25) is 5.76 Å². The highest BCUT2D eigenvalue weighted by molar-refractivity contribution is 5.84. The number of hydrogen-bond acceptors (Lipinski definition) is 3. The van der Waals surface area contributed by atoms with Crippen molar-refractivity contribution in [2.75, 3.05) is 13.6 Å². The van der Waals surface area contributed by atoms with Gasteiger partial charge in [0.1, 0.15) is 5.76 Å². The van der Waals surface area contributed by atoms with Crippen molar-refractivity contribution in [1.82, 2.24) is 10.2 Å². The van der Waals surface area contributed by atoms with E-state index in [2.05, 4.69) is 12.2 Å². The first-order valence-electron chi connectivity index (χ1n) is 6.35. The second-order valence-corrected chi connectivity index (χ2v) is 4.36. The van der Waals surface area contributed by atoms with E-state index in [4.69, 9.17) is 9.52 Å². The Hall–Kier alpha value is -1.98. The van der Waals surface area contributed by atoms with Crippen molar-refractivity contribution in [3.63, 3.8) is 0 Å². The Labute approximate surface area is 112 Å². The number of amides is 2. The van der Waals surface area contributed by atoms with Crippen LogP contribution >= 0.6 is 0 Å². The fourth-order valence-corrected chi connectivity index (χ4v) is 1.59. The van der Waals surface area contributed by atoms with Crippen molar-refractivity contribution >= 4 is 12.0 Å². The molecule has 1 aromatic heterocycles. The van der Waals surface area contributed by atoms with Crippen LogP contribution in [0.5, 0.6) is 0 Å². The molecule has 106 valence electrons. The van der Waals surface area contributed by atoms with Crippen molar-refractivity contribution in [1.29, 1.82) is 0 Å². The van der Waals surface area contributed by atoms with Crippen LogP contribution in [-0.4, -0.2) is 35.6 Å². The molecule has 1 aromatic rings. The molecule has 6 nitrogen and oxygen atoms in total. The van der Waals surface area contributed by atoms with Crippen molar-refractivity contribution < 1.29 is 19.1 Å². The first-order valence-corrected chi connectivity index (χ1v) is 6.35. The smallest absolute Gasteiger partial charge is 0.371 e. The maximum Gasteiger partial charge on any atom is 0.371 e. The van der Waals surface area contributed by atoms with Gasteiger partial charge in [-0.15, -0.1) is 0 Å². The summed E-state index contributed by atoms with van der Waals surface area (Å²) in [5, 5.41) is 11.4. The molecular formula is C13H20N2O4. The number of furan rings is 1. The normalized spacial score (nSPS) is 10.2. The van der Waals surface area contributed by atoms with E-state index in [1.54, 1.807) is 18.0 Å². The average molecular weight is 268 g/mol. The van der Waals surface area contributed by atoms with E-state index in [-0.39, 0.29) is 18.3 Å². The molecule has 0 unspecified atom stereocenters. The van der Waals surface area contributed by atoms with Gasteiger partial charge >= 0.3 is 12.0 Å². The molecule has 0 fully saturated rings. The highest BCUT2D eigenvalue weighted by Gasteiger charge is 2.11. The number of carbonyl (C=O) groups excluding carboxylic acids is 1. The standard InChI is InChI=1S/C13H20N2O4/c1-3-4-5-8-15(2)13(18)14-9-10-6-7-11(19-10)12(16)17/h6-7H,3-5,8-9H2,1-2H3,(H,14,18)(H,16,17). The molecule has 1 heterocycles. The molecule has 6 heteroatoms. The van der Waals surface area contributed by atoms with Crippen molar-refractivity contribution in [3.05, 3.63) is 23.7 Å². The fraction of sp³-hybridized carbons (Fsp3) is 0.538. The van der Waals surface area contributed by atoms with E-state index in [1.165, 1.54) is 6.07 Å². The van der Waals surface area contributed by atoms with Gasteiger partial charge in [0.15, 0.2) is 0 Å². The highest BCUT2D eigenvalue weighted by atomic mass is 16.4. The van der Waals surface area contributed by atoms with Crippen molar-refractivity contribution in [2.24, 2.45) is 0 Å². The van der Waals surface area contributed by atoms with E-state index in [0.29, 0.717) is 12.3 Å². The molecular weight excluding hydrogens is 248 g/mol. The lowest BCUT2D eigenvalue weighted by atomic mass is 10.2. The Morgan fingerprint density at radius 3 is 2.68 bits per heavy atom. The zero-order chi connectivity index (χ0) is 14.3. The van der Waals surface area contributed by atoms with Gasteiger partial charge in [-0.3, -0.25) is 0 Å². The van der Waals surface area contributed by atoms with Gasteiger partial charge in [0, 0.05) is 13.6 Å². The molecule has 0 aromatic carbocycles. The van der Waals surface area contributed by atoms with E-state index in [9.17, 15) is 9.59 Å². The van der Waals surface area contributed by atoms with Crippen LogP contribution < -0.4 is 5.32 Å². The van der Waals surface area contributed by atoms with Gasteiger partial charge in [-0.25, -0.2) is 9.59 Å². The molecule has 0 spiro atoms. The number of aromatic carboxylic acids is 1. The summed E-state index contributed by atoms with van der Waals surface area (Å²) < 4.78 is 5.04. The molecule has 0 aliphatic heterocycles. The maximum absolute atomic E-state index is 11.7. The minimum atomic E-state index is -1.12. The Kier molecular flexibility index (Phi) is 5.92. The van der Waals surface area contributed by atoms with Gasteiger partial charge in [0.25, 0.3) is 0 Å². The number of carboxylic acid groups (broad SMARTS) is 1. The summed E-state index contributed by atoms with van der Waals surface area (Å²) in [4.78, 5) is 23.9. The van der Waals surface area contributed by atoms with Crippen LogP contribution in [0.25, 0.3) is 0 Å². The molecule has 0 bridgehead atoms. The molecule has 19 heavy (non-hydrogen) atoms. The molecule has 0 saturated carbocycles. The summed E-state index contributed by atoms with van der Waals surface area (Å²) >= 11 is 0. The summed E-state index contributed by atoms with van der Waals surface area (Å²) in [5.41, 5.74) is 0. The Morgan fingerprint density at radius 2 is 2.11 bits per heavy atom. The lowest BCUT2D eigenvalue weighted by Crippen LogP contribution is -2.37. The third kappa shape index (κ3) is 5.03. The zero-order valence-corrected chi connectivity index (χ0v) is 11.3. The molecule has 0 radical (unpaired) electrons. The Morgan fingerprint density at radius 1 is 1.37 bits per heavy atom. The minimum Gasteiger partial charge on any atom is -0.475 e. The van der Waals surface area contributed by atoms with Crippen molar-refractivity contribution in [2.45, 2.75) is 32.7 Å².